The summed E-state index contributed by atoms with van der Waals surface area (Å²) in [5.74, 6) is -0.210. The molecule has 0 bridgehead atoms. The molecule has 1 heterocycles. The van der Waals surface area contributed by atoms with Gasteiger partial charge in [-0.2, -0.15) is 0 Å². The fourth-order valence-corrected chi connectivity index (χ4v) is 5.64. The molecule has 7 unspecified atom stereocenters. The molecule has 1 rings (SSSR count). The monoisotopic (exact) mass is 694 g/mol. The number of nitrogens with one attached hydrogen (secondary N) is 1. The van der Waals surface area contributed by atoms with Crippen LogP contribution >= 0.6 is 0 Å². The van der Waals surface area contributed by atoms with Gasteiger partial charge in [-0.15, -0.1) is 0 Å². The molecule has 1 fully saturated rings. The first-order valence-electron chi connectivity index (χ1n) is 19.4. The highest BCUT2D eigenvalue weighted by Crippen LogP contribution is 2.22. The van der Waals surface area contributed by atoms with Crippen molar-refractivity contribution in [3.63, 3.8) is 0 Å². The molecule has 1 aliphatic heterocycles. The fraction of sp³-hybridized carbons (Fsp3) is 0.775. The smallest absolute Gasteiger partial charge is 0.220 e. The number of rotatable bonds is 30. The maximum Gasteiger partial charge on any atom is 0.220 e. The Balaban J connectivity index is 2.51. The average molecular weight is 694 g/mol. The van der Waals surface area contributed by atoms with E-state index < -0.39 is 49.5 Å². The Bertz CT molecular complexity index is 905. The van der Waals surface area contributed by atoms with E-state index in [4.69, 9.17) is 9.47 Å². The van der Waals surface area contributed by atoms with Gasteiger partial charge in [0.25, 0.3) is 0 Å². The van der Waals surface area contributed by atoms with E-state index in [0.717, 1.165) is 70.6 Å². The summed E-state index contributed by atoms with van der Waals surface area (Å²) in [5.41, 5.74) is 0. The zero-order chi connectivity index (χ0) is 36.0. The van der Waals surface area contributed by atoms with Crippen LogP contribution in [0.3, 0.4) is 0 Å². The van der Waals surface area contributed by atoms with Gasteiger partial charge in [0.05, 0.1) is 25.4 Å². The molecule has 9 heteroatoms. The number of aliphatic hydroxyl groups excluding tert-OH is 5. The second-order valence-electron chi connectivity index (χ2n) is 13.3. The van der Waals surface area contributed by atoms with Gasteiger partial charge >= 0.3 is 0 Å². The van der Waals surface area contributed by atoms with Crippen LogP contribution in [0.15, 0.2) is 48.6 Å². The summed E-state index contributed by atoms with van der Waals surface area (Å²) in [4.78, 5) is 12.8. The largest absolute Gasteiger partial charge is 0.394 e. The lowest BCUT2D eigenvalue weighted by atomic mass is 9.99. The standard InChI is InChI=1S/C40H71NO8/c1-3-5-7-9-11-13-15-16-17-18-19-20-21-23-25-27-29-34(43)33(32-48-40-39(47)38(46)37(45)35(31-42)49-40)41-36(44)30-28-26-24-22-14-12-10-8-6-4-2/h10,12,16-17,20-21,27,29,33-35,37-40,42-43,45-47H,3-9,11,13-15,18-19,22-26,28,30-32H2,1-2H3,(H,41,44)/b12-10-,17-16+,21-20+,29-27+. The highest BCUT2D eigenvalue weighted by atomic mass is 16.7. The van der Waals surface area contributed by atoms with Gasteiger partial charge < -0.3 is 40.3 Å². The number of hydrogen-bond acceptors (Lipinski definition) is 8. The number of aliphatic hydroxyl groups is 5. The van der Waals surface area contributed by atoms with Crippen molar-refractivity contribution < 1.29 is 39.8 Å². The van der Waals surface area contributed by atoms with E-state index in [1.54, 1.807) is 6.08 Å². The zero-order valence-electron chi connectivity index (χ0n) is 30.7. The van der Waals surface area contributed by atoms with Crippen molar-refractivity contribution in [3.8, 4) is 0 Å². The van der Waals surface area contributed by atoms with E-state index in [1.165, 1.54) is 51.4 Å². The third-order valence-corrected chi connectivity index (χ3v) is 8.85. The van der Waals surface area contributed by atoms with Gasteiger partial charge in [0.1, 0.15) is 24.4 Å². The predicted octanol–water partition coefficient (Wildman–Crippen LogP) is 6.72. The summed E-state index contributed by atoms with van der Waals surface area (Å²) < 4.78 is 11.1. The van der Waals surface area contributed by atoms with Crippen LogP contribution in [0.25, 0.3) is 0 Å². The lowest BCUT2D eigenvalue weighted by Crippen LogP contribution is -2.60. The van der Waals surface area contributed by atoms with Gasteiger partial charge in [-0.3, -0.25) is 4.79 Å². The normalized spacial score (nSPS) is 23.0. The SMILES string of the molecule is CCCC/C=C\CCCCCCC(=O)NC(COC1OC(CO)C(O)C(O)C1O)C(O)/C=C/CC/C=C/CC/C=C/CCCCCCCC. The van der Waals surface area contributed by atoms with Crippen LogP contribution in [0.2, 0.25) is 0 Å². The molecular weight excluding hydrogens is 622 g/mol. The molecule has 0 spiro atoms. The predicted molar refractivity (Wildman–Crippen MR) is 198 cm³/mol. The molecule has 7 atom stereocenters. The third kappa shape index (κ3) is 22.6. The number of amides is 1. The summed E-state index contributed by atoms with van der Waals surface area (Å²) in [6, 6.07) is -0.831. The first-order valence-corrected chi connectivity index (χ1v) is 19.4. The Morgan fingerprint density at radius 2 is 1.18 bits per heavy atom. The third-order valence-electron chi connectivity index (χ3n) is 8.85. The minimum absolute atomic E-state index is 0.210. The van der Waals surface area contributed by atoms with Gasteiger partial charge in [0.2, 0.25) is 5.91 Å². The van der Waals surface area contributed by atoms with Crippen LogP contribution in [0.5, 0.6) is 0 Å². The minimum Gasteiger partial charge on any atom is -0.394 e. The van der Waals surface area contributed by atoms with Crippen molar-refractivity contribution in [2.75, 3.05) is 13.2 Å². The van der Waals surface area contributed by atoms with Crippen LogP contribution in [-0.4, -0.2) is 87.5 Å². The molecule has 6 N–H and O–H groups in total. The molecule has 0 aromatic carbocycles. The maximum absolute atomic E-state index is 12.8. The Morgan fingerprint density at radius 3 is 1.78 bits per heavy atom. The van der Waals surface area contributed by atoms with Gasteiger partial charge in [-0.1, -0.05) is 120 Å². The lowest BCUT2D eigenvalue weighted by molar-refractivity contribution is -0.302. The number of hydrogen-bond donors (Lipinski definition) is 6. The van der Waals surface area contributed by atoms with Crippen molar-refractivity contribution in [1.82, 2.24) is 5.32 Å². The number of allylic oxidation sites excluding steroid dienone is 7. The molecular formula is C40H71NO8. The highest BCUT2D eigenvalue weighted by Gasteiger charge is 2.44. The lowest BCUT2D eigenvalue weighted by Gasteiger charge is -2.40. The summed E-state index contributed by atoms with van der Waals surface area (Å²) >= 11 is 0. The molecule has 0 aromatic heterocycles. The molecule has 49 heavy (non-hydrogen) atoms. The average Bonchev–Trinajstić information content (AvgIpc) is 3.10. The van der Waals surface area contributed by atoms with Gasteiger partial charge in [-0.05, 0) is 64.2 Å². The minimum atomic E-state index is -1.57. The quantitative estimate of drug-likeness (QED) is 0.0359. The van der Waals surface area contributed by atoms with E-state index in [9.17, 15) is 30.3 Å². The first kappa shape index (κ1) is 45.2. The Hall–Kier alpha value is -1.85. The summed E-state index contributed by atoms with van der Waals surface area (Å²) in [6.07, 6.45) is 30.1. The Labute approximate surface area is 297 Å². The Morgan fingerprint density at radius 1 is 0.673 bits per heavy atom. The van der Waals surface area contributed by atoms with Gasteiger partial charge in [0.15, 0.2) is 6.29 Å². The second-order valence-corrected chi connectivity index (χ2v) is 13.3. The summed E-state index contributed by atoms with van der Waals surface area (Å²) in [7, 11) is 0. The number of carbonyl (C=O) groups excluding carboxylic acids is 1. The molecule has 0 aliphatic carbocycles. The summed E-state index contributed by atoms with van der Waals surface area (Å²) in [5, 5.41) is 53.8. The molecule has 0 radical (unpaired) electrons. The van der Waals surface area contributed by atoms with Crippen molar-refractivity contribution >= 4 is 5.91 Å². The number of carbonyl (C=O) groups is 1. The second kappa shape index (κ2) is 30.9. The molecule has 1 saturated heterocycles. The van der Waals surface area contributed by atoms with E-state index in [1.807, 2.05) is 6.08 Å². The molecule has 284 valence electrons. The zero-order valence-corrected chi connectivity index (χ0v) is 30.7. The van der Waals surface area contributed by atoms with Crippen LogP contribution in [0.4, 0.5) is 0 Å². The van der Waals surface area contributed by atoms with Crippen LogP contribution in [0.1, 0.15) is 142 Å². The fourth-order valence-electron chi connectivity index (χ4n) is 5.64. The summed E-state index contributed by atoms with van der Waals surface area (Å²) in [6.45, 7) is 3.65. The van der Waals surface area contributed by atoms with E-state index in [-0.39, 0.29) is 12.5 Å². The highest BCUT2D eigenvalue weighted by molar-refractivity contribution is 5.76. The molecule has 1 amide bonds. The van der Waals surface area contributed by atoms with Crippen LogP contribution in [-0.2, 0) is 14.3 Å². The van der Waals surface area contributed by atoms with Gasteiger partial charge in [-0.25, -0.2) is 0 Å². The molecule has 1 aliphatic rings. The Kier molecular flexibility index (Phi) is 28.5. The molecule has 0 aromatic rings. The first-order chi connectivity index (χ1) is 23.8. The molecule has 9 nitrogen and oxygen atoms in total. The molecule has 0 saturated carbocycles. The van der Waals surface area contributed by atoms with Crippen molar-refractivity contribution in [2.24, 2.45) is 0 Å². The maximum atomic E-state index is 12.8. The van der Waals surface area contributed by atoms with Crippen molar-refractivity contribution in [3.05, 3.63) is 48.6 Å². The van der Waals surface area contributed by atoms with E-state index in [2.05, 4.69) is 55.6 Å². The topological polar surface area (TPSA) is 149 Å². The van der Waals surface area contributed by atoms with Crippen LogP contribution < -0.4 is 5.32 Å². The van der Waals surface area contributed by atoms with Gasteiger partial charge in [0, 0.05) is 6.42 Å². The van der Waals surface area contributed by atoms with Crippen molar-refractivity contribution in [2.45, 2.75) is 185 Å². The van der Waals surface area contributed by atoms with Crippen molar-refractivity contribution in [1.29, 1.82) is 0 Å². The van der Waals surface area contributed by atoms with E-state index >= 15 is 0 Å². The number of ether oxygens (including phenoxy) is 2. The van der Waals surface area contributed by atoms with Crippen LogP contribution in [0, 0.1) is 0 Å². The number of unbranched alkanes of at least 4 members (excludes halogenated alkanes) is 14. The van der Waals surface area contributed by atoms with E-state index in [0.29, 0.717) is 6.42 Å².